The lowest BCUT2D eigenvalue weighted by Gasteiger charge is -2.28. The molecule has 0 spiro atoms. The van der Waals surface area contributed by atoms with Gasteiger partial charge >= 0.3 is 24.0 Å². The Bertz CT molecular complexity index is 489. The fraction of sp³-hybridized carbons (Fsp3) is 0.889. The normalized spacial score (nSPS) is 13.9. The summed E-state index contributed by atoms with van der Waals surface area (Å²) in [5.74, 6) is -7.42. The van der Waals surface area contributed by atoms with Gasteiger partial charge in [0.15, 0.2) is 12.0 Å². The highest BCUT2D eigenvalue weighted by atomic mass is 19.4. The summed E-state index contributed by atoms with van der Waals surface area (Å²) in [5.41, 5.74) is -1.93. The molecule has 0 radical (unpaired) electrons. The lowest BCUT2D eigenvalue weighted by molar-refractivity contribution is -0.255. The summed E-state index contributed by atoms with van der Waals surface area (Å²) >= 11 is 0. The largest absolute Gasteiger partial charge is 0.465 e. The lowest BCUT2D eigenvalue weighted by Crippen LogP contribution is -2.47. The fourth-order valence-electron chi connectivity index (χ4n) is 2.53. The molecule has 166 valence electrons. The average molecular weight is 422 g/mol. The standard InChI is InChI=1S/C18H28F6O4/c1-4-7-8-9-10-11-27-14(25)16(5-2,6-3)15(26)28-12-17(20,21)13(19)18(22,23)24/h13H,4-12H2,1-3H3. The number of carbonyl (C=O) groups excluding carboxylic acids is 2. The zero-order chi connectivity index (χ0) is 22.0. The summed E-state index contributed by atoms with van der Waals surface area (Å²) < 4.78 is 85.3. The minimum Gasteiger partial charge on any atom is -0.465 e. The van der Waals surface area contributed by atoms with Crippen molar-refractivity contribution < 1.29 is 45.4 Å². The van der Waals surface area contributed by atoms with Crippen molar-refractivity contribution in [1.29, 1.82) is 0 Å². The Morgan fingerprint density at radius 2 is 1.32 bits per heavy atom. The number of alkyl halides is 6. The van der Waals surface area contributed by atoms with Crippen LogP contribution in [0.1, 0.15) is 65.7 Å². The maximum Gasteiger partial charge on any atom is 0.425 e. The SMILES string of the molecule is CCCCCCCOC(=O)C(CC)(CC)C(=O)OCC(F)(F)C(F)C(F)(F)F. The van der Waals surface area contributed by atoms with E-state index >= 15 is 0 Å². The second kappa shape index (κ2) is 11.5. The van der Waals surface area contributed by atoms with E-state index in [2.05, 4.69) is 4.74 Å². The highest BCUT2D eigenvalue weighted by Gasteiger charge is 2.58. The Kier molecular flexibility index (Phi) is 10.9. The van der Waals surface area contributed by atoms with Gasteiger partial charge in [-0.2, -0.15) is 22.0 Å². The van der Waals surface area contributed by atoms with Crippen LogP contribution >= 0.6 is 0 Å². The quantitative estimate of drug-likeness (QED) is 0.173. The Labute approximate surface area is 160 Å². The van der Waals surface area contributed by atoms with Crippen molar-refractivity contribution in [2.45, 2.75) is 84.0 Å². The average Bonchev–Trinajstić information content (AvgIpc) is 2.63. The monoisotopic (exact) mass is 422 g/mol. The van der Waals surface area contributed by atoms with Crippen LogP contribution in [0.5, 0.6) is 0 Å². The zero-order valence-electron chi connectivity index (χ0n) is 16.3. The van der Waals surface area contributed by atoms with Gasteiger partial charge in [0.2, 0.25) is 0 Å². The number of esters is 2. The van der Waals surface area contributed by atoms with Crippen LogP contribution in [0.2, 0.25) is 0 Å². The predicted molar refractivity (Wildman–Crippen MR) is 89.6 cm³/mol. The molecule has 0 rings (SSSR count). The molecule has 0 amide bonds. The number of ether oxygens (including phenoxy) is 2. The summed E-state index contributed by atoms with van der Waals surface area (Å²) in [6, 6.07) is 0. The topological polar surface area (TPSA) is 52.6 Å². The summed E-state index contributed by atoms with van der Waals surface area (Å²) in [6.45, 7) is 2.76. The summed E-state index contributed by atoms with van der Waals surface area (Å²) in [5, 5.41) is 0. The van der Waals surface area contributed by atoms with Gasteiger partial charge in [0.05, 0.1) is 6.61 Å². The first-order valence-electron chi connectivity index (χ1n) is 9.32. The first-order valence-corrected chi connectivity index (χ1v) is 9.32. The molecule has 10 heteroatoms. The molecular formula is C18H28F6O4. The predicted octanol–water partition coefficient (Wildman–Crippen LogP) is 5.39. The van der Waals surface area contributed by atoms with Gasteiger partial charge < -0.3 is 9.47 Å². The van der Waals surface area contributed by atoms with E-state index < -0.39 is 42.2 Å². The van der Waals surface area contributed by atoms with Gasteiger partial charge in [-0.05, 0) is 19.3 Å². The second-order valence-corrected chi connectivity index (χ2v) is 6.58. The van der Waals surface area contributed by atoms with Crippen molar-refractivity contribution in [1.82, 2.24) is 0 Å². The molecule has 0 bridgehead atoms. The van der Waals surface area contributed by atoms with Gasteiger partial charge in [-0.15, -0.1) is 0 Å². The smallest absolute Gasteiger partial charge is 0.425 e. The molecule has 0 N–H and O–H groups in total. The molecule has 0 heterocycles. The molecule has 0 aromatic rings. The van der Waals surface area contributed by atoms with E-state index in [4.69, 9.17) is 4.74 Å². The van der Waals surface area contributed by atoms with Crippen LogP contribution in [0.25, 0.3) is 0 Å². The van der Waals surface area contributed by atoms with Gasteiger partial charge in [-0.3, -0.25) is 9.59 Å². The van der Waals surface area contributed by atoms with Gasteiger partial charge in [0.1, 0.15) is 0 Å². The number of hydrogen-bond donors (Lipinski definition) is 0. The van der Waals surface area contributed by atoms with Crippen LogP contribution in [0.4, 0.5) is 26.3 Å². The molecule has 0 aliphatic carbocycles. The van der Waals surface area contributed by atoms with E-state index in [9.17, 15) is 35.9 Å². The van der Waals surface area contributed by atoms with E-state index in [0.717, 1.165) is 25.7 Å². The Morgan fingerprint density at radius 1 is 0.821 bits per heavy atom. The molecule has 0 saturated heterocycles. The first-order chi connectivity index (χ1) is 12.9. The third-order valence-corrected chi connectivity index (χ3v) is 4.52. The van der Waals surface area contributed by atoms with E-state index in [1.165, 1.54) is 13.8 Å². The van der Waals surface area contributed by atoms with Crippen LogP contribution in [0.15, 0.2) is 0 Å². The molecule has 0 aliphatic heterocycles. The molecule has 0 aromatic heterocycles. The van der Waals surface area contributed by atoms with Crippen molar-refractivity contribution in [3.8, 4) is 0 Å². The third-order valence-electron chi connectivity index (χ3n) is 4.52. The fourth-order valence-corrected chi connectivity index (χ4v) is 2.53. The number of halogens is 6. The maximum absolute atomic E-state index is 13.3. The molecule has 0 saturated carbocycles. The van der Waals surface area contributed by atoms with Crippen LogP contribution in [0.3, 0.4) is 0 Å². The van der Waals surface area contributed by atoms with Crippen molar-refractivity contribution in [3.63, 3.8) is 0 Å². The van der Waals surface area contributed by atoms with Gasteiger partial charge in [-0.25, -0.2) is 4.39 Å². The minimum atomic E-state index is -5.81. The van der Waals surface area contributed by atoms with Crippen molar-refractivity contribution >= 4 is 11.9 Å². The number of carbonyl (C=O) groups is 2. The van der Waals surface area contributed by atoms with Crippen molar-refractivity contribution in [3.05, 3.63) is 0 Å². The molecule has 4 nitrogen and oxygen atoms in total. The third kappa shape index (κ3) is 7.50. The molecule has 0 fully saturated rings. The number of rotatable bonds is 13. The van der Waals surface area contributed by atoms with Gasteiger partial charge in [0.25, 0.3) is 6.17 Å². The molecule has 28 heavy (non-hydrogen) atoms. The zero-order valence-corrected chi connectivity index (χ0v) is 16.3. The molecule has 1 unspecified atom stereocenters. The van der Waals surface area contributed by atoms with Gasteiger partial charge in [-0.1, -0.05) is 46.5 Å². The first kappa shape index (κ1) is 26.5. The molecule has 0 aliphatic rings. The van der Waals surface area contributed by atoms with E-state index in [1.54, 1.807) is 0 Å². The summed E-state index contributed by atoms with van der Waals surface area (Å²) in [7, 11) is 0. The van der Waals surface area contributed by atoms with Crippen LogP contribution < -0.4 is 0 Å². The maximum atomic E-state index is 13.3. The highest BCUT2D eigenvalue weighted by Crippen LogP contribution is 2.36. The van der Waals surface area contributed by atoms with Crippen LogP contribution in [0, 0.1) is 5.41 Å². The Morgan fingerprint density at radius 3 is 1.79 bits per heavy atom. The molecular weight excluding hydrogens is 394 g/mol. The minimum absolute atomic E-state index is 0.0222. The molecule has 1 atom stereocenters. The van der Waals surface area contributed by atoms with E-state index in [1.807, 2.05) is 6.92 Å². The highest BCUT2D eigenvalue weighted by molar-refractivity contribution is 6.00. The van der Waals surface area contributed by atoms with Crippen molar-refractivity contribution in [2.75, 3.05) is 13.2 Å². The Balaban J connectivity index is 4.90. The second-order valence-electron chi connectivity index (χ2n) is 6.58. The molecule has 0 aromatic carbocycles. The number of unbranched alkanes of at least 4 members (excludes halogenated alkanes) is 4. The van der Waals surface area contributed by atoms with Crippen molar-refractivity contribution in [2.24, 2.45) is 5.41 Å². The van der Waals surface area contributed by atoms with E-state index in [0.29, 0.717) is 6.42 Å². The Hall–Kier alpha value is -1.48. The summed E-state index contributed by atoms with van der Waals surface area (Å²) in [4.78, 5) is 24.5. The van der Waals surface area contributed by atoms with Crippen LogP contribution in [-0.4, -0.2) is 43.4 Å². The summed E-state index contributed by atoms with van der Waals surface area (Å²) in [6.07, 6.45) is -6.27. The lowest BCUT2D eigenvalue weighted by atomic mass is 9.82. The van der Waals surface area contributed by atoms with Gasteiger partial charge in [0, 0.05) is 0 Å². The van der Waals surface area contributed by atoms with E-state index in [-0.39, 0.29) is 19.4 Å². The van der Waals surface area contributed by atoms with Crippen LogP contribution in [-0.2, 0) is 19.1 Å². The number of hydrogen-bond acceptors (Lipinski definition) is 4.